The van der Waals surface area contributed by atoms with Gasteiger partial charge in [-0.25, -0.2) is 19.9 Å². The van der Waals surface area contributed by atoms with Crippen molar-refractivity contribution < 1.29 is 65.3 Å². The molecular formula is C109H126F6N24O8S2. The zero-order valence-electron chi connectivity index (χ0n) is 84.9. The number of amidine groups is 2. The third-order valence-electron chi connectivity index (χ3n) is 29.9. The van der Waals surface area contributed by atoms with E-state index in [1.54, 1.807) is 28.9 Å². The molecule has 4 aromatic carbocycles. The van der Waals surface area contributed by atoms with E-state index in [1.165, 1.54) is 20.9 Å². The van der Waals surface area contributed by atoms with Crippen molar-refractivity contribution >= 4 is 81.4 Å². The maximum atomic E-state index is 14.3. The predicted molar refractivity (Wildman–Crippen MR) is 554 cm³/mol. The number of nitrogens with zero attached hydrogens (tertiary/aromatic N) is 20. The number of carbonyl (C=O) groups excluding carboxylic acids is 6. The molecule has 8 aliphatic heterocycles. The maximum Gasteiger partial charge on any atom is 0.453 e. The molecular weight excluding hydrogens is 1950 g/mol. The lowest BCUT2D eigenvalue weighted by atomic mass is 9.82. The molecule has 1 saturated carbocycles. The fourth-order valence-electron chi connectivity index (χ4n) is 21.3. The molecule has 0 spiro atoms. The summed E-state index contributed by atoms with van der Waals surface area (Å²) in [4.78, 5) is 120. The van der Waals surface area contributed by atoms with E-state index in [-0.39, 0.29) is 92.7 Å². The highest BCUT2D eigenvalue weighted by Gasteiger charge is 2.49. The first-order valence-corrected chi connectivity index (χ1v) is 53.1. The summed E-state index contributed by atoms with van der Waals surface area (Å²) >= 11 is 3.16. The van der Waals surface area contributed by atoms with E-state index in [0.29, 0.717) is 108 Å². The number of thiazole rings is 2. The van der Waals surface area contributed by atoms with Gasteiger partial charge in [-0.1, -0.05) is 138 Å². The molecule has 0 unspecified atom stereocenters. The molecule has 6 N–H and O–H groups in total. The minimum Gasteiger partial charge on any atom is -0.391 e. The molecule has 6 atom stereocenters. The third-order valence-corrected chi connectivity index (χ3v) is 31.8. The number of aromatic nitrogens is 10. The number of piperazine rings is 2. The Hall–Kier alpha value is -13.4. The number of nitrogens with one attached hydrogen (secondary N) is 4. The van der Waals surface area contributed by atoms with Gasteiger partial charge >= 0.3 is 12.4 Å². The molecule has 10 aromatic rings. The summed E-state index contributed by atoms with van der Waals surface area (Å²) in [7, 11) is 0. The number of anilines is 2. The molecule has 7 fully saturated rings. The molecule has 32 nitrogen and oxygen atoms in total. The van der Waals surface area contributed by atoms with Crippen molar-refractivity contribution in [2.45, 2.75) is 225 Å². The van der Waals surface area contributed by atoms with Crippen LogP contribution in [0.3, 0.4) is 0 Å². The van der Waals surface area contributed by atoms with E-state index >= 15 is 0 Å². The summed E-state index contributed by atoms with van der Waals surface area (Å²) in [6.45, 7) is 24.8. The van der Waals surface area contributed by atoms with Gasteiger partial charge in [-0.05, 0) is 170 Å². The number of aryl methyl sites for hydroxylation is 4. The van der Waals surface area contributed by atoms with Crippen molar-refractivity contribution in [1.82, 2.24) is 100 Å². The van der Waals surface area contributed by atoms with Gasteiger partial charge in [-0.2, -0.15) is 45.9 Å². The van der Waals surface area contributed by atoms with Gasteiger partial charge in [0, 0.05) is 190 Å². The average Bonchev–Trinajstić information content (AvgIpc) is 1.70. The summed E-state index contributed by atoms with van der Waals surface area (Å²) in [5.41, 5.74) is 14.0. The number of likely N-dealkylation sites (tertiary alicyclic amines) is 4. The van der Waals surface area contributed by atoms with Crippen molar-refractivity contribution in [2.75, 3.05) is 108 Å². The number of aliphatic hydroxyl groups is 2. The number of hydrogen-bond acceptors (Lipinski definition) is 26. The Kier molecular flexibility index (Phi) is 32.3. The summed E-state index contributed by atoms with van der Waals surface area (Å²) in [6.07, 6.45) is 1.37. The molecule has 14 heterocycles. The number of alkyl halides is 6. The minimum atomic E-state index is -4.62. The highest BCUT2D eigenvalue weighted by Crippen LogP contribution is 2.40. The Morgan fingerprint density at radius 2 is 0.832 bits per heavy atom. The van der Waals surface area contributed by atoms with Gasteiger partial charge in [0.15, 0.2) is 11.6 Å². The molecule has 149 heavy (non-hydrogen) atoms. The molecule has 6 saturated heterocycles. The molecule has 9 aliphatic rings. The Morgan fingerprint density at radius 3 is 1.21 bits per heavy atom. The molecule has 19 rings (SSSR count). The van der Waals surface area contributed by atoms with Crippen molar-refractivity contribution in [3.8, 4) is 44.6 Å². The van der Waals surface area contributed by atoms with Gasteiger partial charge in [0.1, 0.15) is 47.5 Å². The number of hydrogen-bond donors (Lipinski definition) is 6. The maximum absolute atomic E-state index is 14.3. The molecule has 0 bridgehead atoms. The third kappa shape index (κ3) is 25.5. The van der Waals surface area contributed by atoms with Gasteiger partial charge in [-0.3, -0.25) is 38.6 Å². The second-order valence-electron chi connectivity index (χ2n) is 42.2. The Labute approximate surface area is 870 Å². The smallest absolute Gasteiger partial charge is 0.391 e. The molecule has 0 radical (unpaired) electrons. The van der Waals surface area contributed by atoms with E-state index in [1.807, 2.05) is 175 Å². The second-order valence-corrected chi connectivity index (χ2v) is 43.9. The summed E-state index contributed by atoms with van der Waals surface area (Å²) in [6, 6.07) is 37.2. The predicted octanol–water partition coefficient (Wildman–Crippen LogP) is 12.4. The number of β-amino-alcohol motifs (C(OH)–C–C–N with tert-alkyl or cyclic N) is 2. The standard InChI is InChI=1S/C57H67F3N12O4S.C52H59F3N12O4S/c1-36-50(77-35-63-36)42-14-9-39(10-15-42)33-62-53(75)46-31-45(73)34-71(46)54(76)51(56(2,3)4)64-52(74)43-16-18-44(19-17-43)68-27-29-70(30-28-68)47-20-11-38(32-61-47)6-5-37-7-12-40(13-8-37)41-23-25-69(26-24-41)49-22-21-48-65-66-55(57(58,59)60)72(48)67-49;1-33-46(72-32-58-33)39-14-9-36(10-15-39)29-57-48(70)41-27-40(68)30-66(41)49(71)47(51(2,3)4)59-45(69)31-63-23-25-65(26-24-63)42-16-11-35(28-56-42)6-5-34-7-12-37(13-8-34)38-19-21-64(22-20-38)44-18-17-43-60-61-50(52(53,54)55)67(43)62-44/h7-15,20,32,35,41,43-46,51,73H,16-19,21-31,33-34H2,1-4H3,(H,62,75)(H,64,74);7-16,28,32,38,40-41,47,68H,17-27,29-31H2,1-4H3,(H,57,70)(H,59,69)/t43?,44?,45-,46-,51+;40-,41-,47+/m00/s1. The lowest BCUT2D eigenvalue weighted by Gasteiger charge is -2.42. The number of aliphatic hydroxyl groups excluding tert-OH is 2. The van der Waals surface area contributed by atoms with Crippen molar-refractivity contribution in [2.24, 2.45) is 27.0 Å². The molecule has 1 aliphatic carbocycles. The quantitative estimate of drug-likeness (QED) is 0.0305. The summed E-state index contributed by atoms with van der Waals surface area (Å²) < 4.78 is 82.3. The van der Waals surface area contributed by atoms with Gasteiger partial charge in [0.25, 0.3) is 11.6 Å². The normalized spacial score (nSPS) is 20.6. The van der Waals surface area contributed by atoms with Crippen molar-refractivity contribution in [1.29, 1.82) is 0 Å². The number of benzene rings is 4. The Bertz CT molecular complexity index is 6620. The van der Waals surface area contributed by atoms with Crippen molar-refractivity contribution in [3.63, 3.8) is 0 Å². The summed E-state index contributed by atoms with van der Waals surface area (Å²) in [5, 5.41) is 56.0. The van der Waals surface area contributed by atoms with Crippen LogP contribution in [0.25, 0.3) is 20.9 Å². The van der Waals surface area contributed by atoms with Crippen LogP contribution in [0.4, 0.5) is 38.0 Å². The SMILES string of the molecule is Cc1ncsc1-c1ccc(CNC(=O)[C@@H]2C[C@H](O)CN2C(=O)[C@@H](NC(=O)C2CCC(N3CCN(c4ccc(C#Cc5ccc(C6CCN(C7=Nn8c(nnc8C(F)(F)F)CC7)CC6)cc5)cn4)CC3)CC2)C(C)(C)C)cc1.Cc1ncsc1-c1ccc(CNC(=O)[C@@H]2C[C@H](O)CN2C(=O)[C@@H](NC(=O)CN2CCN(c3ccc(C#Cc4ccc(C5CCN(C6=Nn7c(nnc7C(F)(F)F)CC6)CC5)cc4)cn3)CC2)C(C)(C)C)cc1. The number of halogens is 6. The van der Waals surface area contributed by atoms with E-state index < -0.39 is 77.1 Å². The average molecular weight is 2080 g/mol. The van der Waals surface area contributed by atoms with Gasteiger partial charge in [-0.15, -0.1) is 43.1 Å². The molecule has 6 amide bonds. The van der Waals surface area contributed by atoms with E-state index in [4.69, 9.17) is 9.97 Å². The molecule has 6 aromatic heterocycles. The summed E-state index contributed by atoms with van der Waals surface area (Å²) in [5.74, 6) is 12.9. The zero-order chi connectivity index (χ0) is 105. The number of carbonyl (C=O) groups is 6. The van der Waals surface area contributed by atoms with Gasteiger partial charge in [0.05, 0.1) is 50.9 Å². The van der Waals surface area contributed by atoms with Crippen LogP contribution < -0.4 is 31.1 Å². The van der Waals surface area contributed by atoms with Gasteiger partial charge in [0.2, 0.25) is 35.4 Å². The largest absolute Gasteiger partial charge is 0.453 e. The molecule has 40 heteroatoms. The first kappa shape index (κ1) is 106. The van der Waals surface area contributed by atoms with E-state index in [2.05, 4.69) is 134 Å². The highest BCUT2D eigenvalue weighted by atomic mass is 32.1. The monoisotopic (exact) mass is 2080 g/mol. The van der Waals surface area contributed by atoms with E-state index in [0.717, 1.165) is 164 Å². The fraction of sp³-hybridized carbons (Fsp3) is 0.486. The van der Waals surface area contributed by atoms with Crippen LogP contribution in [-0.2, 0) is 67.1 Å². The van der Waals surface area contributed by atoms with Crippen molar-refractivity contribution in [3.05, 3.63) is 224 Å². The van der Waals surface area contributed by atoms with Crippen LogP contribution in [0.1, 0.15) is 210 Å². The number of fused-ring (bicyclic) bond motifs is 2. The lowest BCUT2D eigenvalue weighted by molar-refractivity contribution is -0.148. The number of amides is 6. The number of rotatable bonds is 20. The van der Waals surface area contributed by atoms with Crippen LogP contribution in [0.15, 0.2) is 155 Å². The highest BCUT2D eigenvalue weighted by molar-refractivity contribution is 7.13. The van der Waals surface area contributed by atoms with Crippen LogP contribution in [0.2, 0.25) is 0 Å². The second kappa shape index (κ2) is 45.6. The Morgan fingerprint density at radius 1 is 0.436 bits per heavy atom. The van der Waals surface area contributed by atoms with Crippen LogP contribution >= 0.6 is 22.7 Å². The van der Waals surface area contributed by atoms with Crippen LogP contribution in [0.5, 0.6) is 0 Å². The number of pyridine rings is 2. The Balaban J connectivity index is 0.000000195. The van der Waals surface area contributed by atoms with Gasteiger partial charge < -0.3 is 60.9 Å². The lowest BCUT2D eigenvalue weighted by Crippen LogP contribution is -2.59. The first-order chi connectivity index (χ1) is 71.4. The van der Waals surface area contributed by atoms with E-state index in [9.17, 15) is 65.3 Å². The van der Waals surface area contributed by atoms with Crippen LogP contribution in [0, 0.1) is 54.3 Å². The minimum absolute atomic E-state index is 0.000245. The fourth-order valence-corrected chi connectivity index (χ4v) is 22.9. The van der Waals surface area contributed by atoms with Crippen LogP contribution in [-0.4, -0.2) is 277 Å². The topological polar surface area (TPSA) is 355 Å². The first-order valence-electron chi connectivity index (χ1n) is 51.3. The number of piperidine rings is 2. The molecule has 784 valence electrons. The zero-order valence-corrected chi connectivity index (χ0v) is 86.6.